The molecule has 0 amide bonds. The highest BCUT2D eigenvalue weighted by Gasteiger charge is 2.10. The van der Waals surface area contributed by atoms with Crippen LogP contribution >= 0.6 is 12.2 Å². The first-order valence-electron chi connectivity index (χ1n) is 6.61. The minimum atomic E-state index is 0.159. The van der Waals surface area contributed by atoms with Crippen molar-refractivity contribution in [3.05, 3.63) is 59.4 Å². The molecule has 0 bridgehead atoms. The molecule has 1 atom stereocenters. The molecule has 0 unspecified atom stereocenters. The summed E-state index contributed by atoms with van der Waals surface area (Å²) in [6.45, 7) is 6.32. The first-order chi connectivity index (χ1) is 9.56. The lowest BCUT2D eigenvalue weighted by molar-refractivity contribution is 0.716. The van der Waals surface area contributed by atoms with Gasteiger partial charge in [-0.2, -0.15) is 0 Å². The molecular weight excluding hydrogens is 266 g/mol. The quantitative estimate of drug-likeness (QED) is 0.842. The van der Waals surface area contributed by atoms with E-state index in [9.17, 15) is 0 Å². The molecule has 3 nitrogen and oxygen atoms in total. The fourth-order valence-corrected chi connectivity index (χ4v) is 2.40. The summed E-state index contributed by atoms with van der Waals surface area (Å²) in [5.74, 6) is 0. The second-order valence-corrected chi connectivity index (χ2v) is 5.33. The molecule has 0 aliphatic rings. The normalized spacial score (nSPS) is 11.8. The standard InChI is InChI=1S/C16H19N3S/c1-11-6-7-12(2)15(9-11)13(3)18-16(20)19-14-5-4-8-17-10-14/h4-10,13H,1-3H3,(H2,18,19,20)/t13-/m1/s1. The van der Waals surface area contributed by atoms with Crippen LogP contribution in [0.1, 0.15) is 29.7 Å². The van der Waals surface area contributed by atoms with Crippen molar-refractivity contribution >= 4 is 23.0 Å². The first-order valence-corrected chi connectivity index (χ1v) is 7.02. The molecule has 2 rings (SSSR count). The summed E-state index contributed by atoms with van der Waals surface area (Å²) in [5.41, 5.74) is 4.67. The molecule has 0 saturated heterocycles. The minimum Gasteiger partial charge on any atom is -0.356 e. The summed E-state index contributed by atoms with van der Waals surface area (Å²) in [6.07, 6.45) is 3.48. The largest absolute Gasteiger partial charge is 0.356 e. The lowest BCUT2D eigenvalue weighted by Gasteiger charge is -2.19. The van der Waals surface area contributed by atoms with Gasteiger partial charge in [0.1, 0.15) is 0 Å². The summed E-state index contributed by atoms with van der Waals surface area (Å²) in [5, 5.41) is 7.04. The number of nitrogens with zero attached hydrogens (tertiary/aromatic N) is 1. The molecule has 1 aromatic heterocycles. The van der Waals surface area contributed by atoms with Crippen LogP contribution in [0.5, 0.6) is 0 Å². The van der Waals surface area contributed by atoms with Crippen LogP contribution < -0.4 is 10.6 Å². The number of aryl methyl sites for hydroxylation is 2. The number of hydrogen-bond acceptors (Lipinski definition) is 2. The molecule has 2 aromatic rings. The average Bonchev–Trinajstić information content (AvgIpc) is 2.42. The van der Waals surface area contributed by atoms with Gasteiger partial charge in [0, 0.05) is 6.20 Å². The predicted octanol–water partition coefficient (Wildman–Crippen LogP) is 3.75. The lowest BCUT2D eigenvalue weighted by Crippen LogP contribution is -2.31. The molecular formula is C16H19N3S. The SMILES string of the molecule is Cc1ccc(C)c([C@@H](C)NC(=S)Nc2cccnc2)c1. The van der Waals surface area contributed by atoms with Crippen LogP contribution in [0.25, 0.3) is 0 Å². The number of benzene rings is 1. The molecule has 0 aliphatic heterocycles. The third-order valence-electron chi connectivity index (χ3n) is 3.17. The van der Waals surface area contributed by atoms with Crippen LogP contribution in [0.2, 0.25) is 0 Å². The highest BCUT2D eigenvalue weighted by atomic mass is 32.1. The van der Waals surface area contributed by atoms with Gasteiger partial charge in [0.05, 0.1) is 17.9 Å². The number of thiocarbonyl (C=S) groups is 1. The number of anilines is 1. The predicted molar refractivity (Wildman–Crippen MR) is 87.9 cm³/mol. The molecule has 2 N–H and O–H groups in total. The smallest absolute Gasteiger partial charge is 0.171 e. The fourth-order valence-electron chi connectivity index (χ4n) is 2.10. The van der Waals surface area contributed by atoms with Crippen molar-refractivity contribution in [1.82, 2.24) is 10.3 Å². The van der Waals surface area contributed by atoms with E-state index in [1.807, 2.05) is 12.1 Å². The number of aromatic nitrogens is 1. The van der Waals surface area contributed by atoms with Gasteiger partial charge < -0.3 is 10.6 Å². The van der Waals surface area contributed by atoms with Gasteiger partial charge in [-0.05, 0) is 56.2 Å². The number of pyridine rings is 1. The molecule has 0 aliphatic carbocycles. The summed E-state index contributed by atoms with van der Waals surface area (Å²) in [7, 11) is 0. The van der Waals surface area contributed by atoms with E-state index in [1.54, 1.807) is 12.4 Å². The fraction of sp³-hybridized carbons (Fsp3) is 0.250. The van der Waals surface area contributed by atoms with Crippen molar-refractivity contribution in [3.8, 4) is 0 Å². The molecule has 0 saturated carbocycles. The number of hydrogen-bond donors (Lipinski definition) is 2. The van der Waals surface area contributed by atoms with Crippen molar-refractivity contribution in [3.63, 3.8) is 0 Å². The summed E-state index contributed by atoms with van der Waals surface area (Å²) >= 11 is 5.34. The Morgan fingerprint density at radius 3 is 2.75 bits per heavy atom. The van der Waals surface area contributed by atoms with E-state index >= 15 is 0 Å². The van der Waals surface area contributed by atoms with E-state index in [4.69, 9.17) is 12.2 Å². The average molecular weight is 285 g/mol. The van der Waals surface area contributed by atoms with Crippen molar-refractivity contribution in [2.75, 3.05) is 5.32 Å². The first kappa shape index (κ1) is 14.5. The van der Waals surface area contributed by atoms with Crippen LogP contribution in [-0.4, -0.2) is 10.1 Å². The van der Waals surface area contributed by atoms with Gasteiger partial charge in [0.2, 0.25) is 0 Å². The zero-order valence-electron chi connectivity index (χ0n) is 12.0. The minimum absolute atomic E-state index is 0.159. The topological polar surface area (TPSA) is 37.0 Å². The van der Waals surface area contributed by atoms with E-state index in [0.717, 1.165) is 5.69 Å². The summed E-state index contributed by atoms with van der Waals surface area (Å²) < 4.78 is 0. The Balaban J connectivity index is 2.02. The highest BCUT2D eigenvalue weighted by Crippen LogP contribution is 2.19. The molecule has 104 valence electrons. The Labute approximate surface area is 125 Å². The van der Waals surface area contributed by atoms with Crippen molar-refractivity contribution in [1.29, 1.82) is 0 Å². The second-order valence-electron chi connectivity index (χ2n) is 4.92. The zero-order valence-corrected chi connectivity index (χ0v) is 12.8. The lowest BCUT2D eigenvalue weighted by atomic mass is 10.0. The van der Waals surface area contributed by atoms with Gasteiger partial charge in [-0.1, -0.05) is 23.8 Å². The van der Waals surface area contributed by atoms with E-state index in [0.29, 0.717) is 5.11 Å². The van der Waals surface area contributed by atoms with Crippen molar-refractivity contribution in [2.45, 2.75) is 26.8 Å². The van der Waals surface area contributed by atoms with Crippen molar-refractivity contribution < 1.29 is 0 Å². The third-order valence-corrected chi connectivity index (χ3v) is 3.39. The monoisotopic (exact) mass is 285 g/mol. The van der Waals surface area contributed by atoms with Gasteiger partial charge in [-0.3, -0.25) is 4.98 Å². The van der Waals surface area contributed by atoms with Crippen LogP contribution in [-0.2, 0) is 0 Å². The maximum absolute atomic E-state index is 5.34. The van der Waals surface area contributed by atoms with Crippen LogP contribution in [0, 0.1) is 13.8 Å². The number of nitrogens with one attached hydrogen (secondary N) is 2. The highest BCUT2D eigenvalue weighted by molar-refractivity contribution is 7.80. The van der Waals surface area contributed by atoms with Crippen LogP contribution in [0.3, 0.4) is 0 Å². The van der Waals surface area contributed by atoms with Gasteiger partial charge in [0.25, 0.3) is 0 Å². The zero-order chi connectivity index (χ0) is 14.5. The Morgan fingerprint density at radius 1 is 1.25 bits per heavy atom. The van der Waals surface area contributed by atoms with Gasteiger partial charge in [0.15, 0.2) is 5.11 Å². The van der Waals surface area contributed by atoms with E-state index in [1.165, 1.54) is 16.7 Å². The molecule has 1 heterocycles. The molecule has 1 aromatic carbocycles. The Kier molecular flexibility index (Phi) is 4.69. The number of rotatable bonds is 3. The molecule has 20 heavy (non-hydrogen) atoms. The molecule has 0 spiro atoms. The van der Waals surface area contributed by atoms with Crippen LogP contribution in [0.15, 0.2) is 42.7 Å². The summed E-state index contributed by atoms with van der Waals surface area (Å²) in [6, 6.07) is 10.4. The second kappa shape index (κ2) is 6.48. The Morgan fingerprint density at radius 2 is 2.05 bits per heavy atom. The maximum atomic E-state index is 5.34. The molecule has 0 fully saturated rings. The Hall–Kier alpha value is -1.94. The third kappa shape index (κ3) is 3.78. The van der Waals surface area contributed by atoms with E-state index < -0.39 is 0 Å². The van der Waals surface area contributed by atoms with E-state index in [-0.39, 0.29) is 6.04 Å². The summed E-state index contributed by atoms with van der Waals surface area (Å²) in [4.78, 5) is 4.05. The van der Waals surface area contributed by atoms with Crippen molar-refractivity contribution in [2.24, 2.45) is 0 Å². The van der Waals surface area contributed by atoms with Gasteiger partial charge in [-0.25, -0.2) is 0 Å². The van der Waals surface area contributed by atoms with Gasteiger partial charge >= 0.3 is 0 Å². The maximum Gasteiger partial charge on any atom is 0.171 e. The Bertz CT molecular complexity index is 596. The van der Waals surface area contributed by atoms with Crippen LogP contribution in [0.4, 0.5) is 5.69 Å². The van der Waals surface area contributed by atoms with Gasteiger partial charge in [-0.15, -0.1) is 0 Å². The van der Waals surface area contributed by atoms with E-state index in [2.05, 4.69) is 54.6 Å². The molecule has 4 heteroatoms. The molecule has 0 radical (unpaired) electrons.